The molecule has 8 nitrogen and oxygen atoms in total. The van der Waals surface area contributed by atoms with Crippen molar-refractivity contribution in [2.75, 3.05) is 10.6 Å². The molecular weight excluding hydrogens is 408 g/mol. The van der Waals surface area contributed by atoms with Crippen molar-refractivity contribution in [2.45, 2.75) is 19.3 Å². The molecule has 0 aliphatic rings. The van der Waals surface area contributed by atoms with Gasteiger partial charge in [-0.3, -0.25) is 31.3 Å². The highest BCUT2D eigenvalue weighted by Gasteiger charge is 2.06. The van der Waals surface area contributed by atoms with Crippen LogP contribution < -0.4 is 32.3 Å². The van der Waals surface area contributed by atoms with Gasteiger partial charge in [0.1, 0.15) is 0 Å². The summed E-state index contributed by atoms with van der Waals surface area (Å²) in [6.45, 7) is 0. The summed E-state index contributed by atoms with van der Waals surface area (Å²) in [5.74, 6) is -0.548. The van der Waals surface area contributed by atoms with Gasteiger partial charge in [0.05, 0.1) is 0 Å². The molecule has 0 spiro atoms. The minimum absolute atomic E-state index is 0.168. The van der Waals surface area contributed by atoms with Crippen molar-refractivity contribution in [1.82, 2.24) is 21.7 Å². The van der Waals surface area contributed by atoms with Gasteiger partial charge < -0.3 is 10.6 Å². The molecule has 29 heavy (non-hydrogen) atoms. The molecule has 0 heterocycles. The van der Waals surface area contributed by atoms with Crippen LogP contribution in [0.3, 0.4) is 0 Å². The molecule has 0 aliphatic heterocycles. The molecule has 0 aromatic heterocycles. The number of hydrazine groups is 2. The molecule has 0 aliphatic carbocycles. The summed E-state index contributed by atoms with van der Waals surface area (Å²) < 4.78 is 0. The molecule has 2 aromatic rings. The van der Waals surface area contributed by atoms with Gasteiger partial charge in [-0.05, 0) is 55.1 Å². The monoisotopic (exact) mass is 430 g/mol. The Bertz CT molecular complexity index is 764. The number of nitrogens with one attached hydrogen (secondary N) is 6. The molecule has 0 unspecified atom stereocenters. The largest absolute Gasteiger partial charge is 0.331 e. The highest BCUT2D eigenvalue weighted by Crippen LogP contribution is 2.05. The van der Waals surface area contributed by atoms with E-state index in [2.05, 4.69) is 32.3 Å². The van der Waals surface area contributed by atoms with Gasteiger partial charge in [0.25, 0.3) is 0 Å². The van der Waals surface area contributed by atoms with Crippen molar-refractivity contribution in [3.8, 4) is 0 Å². The van der Waals surface area contributed by atoms with Crippen molar-refractivity contribution >= 4 is 57.8 Å². The number of benzene rings is 2. The Morgan fingerprint density at radius 2 is 1.00 bits per heavy atom. The molecule has 0 bridgehead atoms. The van der Waals surface area contributed by atoms with Crippen LogP contribution in [0.5, 0.6) is 0 Å². The Kier molecular flexibility index (Phi) is 9.33. The van der Waals surface area contributed by atoms with Crippen LogP contribution in [-0.4, -0.2) is 22.0 Å². The van der Waals surface area contributed by atoms with Gasteiger partial charge in [-0.1, -0.05) is 36.4 Å². The van der Waals surface area contributed by atoms with E-state index in [9.17, 15) is 9.59 Å². The third-order valence-corrected chi connectivity index (χ3v) is 3.91. The maximum absolute atomic E-state index is 11.8. The van der Waals surface area contributed by atoms with Crippen LogP contribution in [-0.2, 0) is 9.59 Å². The van der Waals surface area contributed by atoms with Crippen LogP contribution in [0.15, 0.2) is 60.7 Å². The van der Waals surface area contributed by atoms with Crippen molar-refractivity contribution in [2.24, 2.45) is 0 Å². The lowest BCUT2D eigenvalue weighted by Crippen LogP contribution is -2.44. The second-order valence-corrected chi connectivity index (χ2v) is 6.66. The molecule has 2 aromatic carbocycles. The van der Waals surface area contributed by atoms with Crippen LogP contribution in [0, 0.1) is 0 Å². The SMILES string of the molecule is O=C(CCCC(=O)NNC(=S)Nc1ccccc1)NNC(=S)Nc1ccccc1. The van der Waals surface area contributed by atoms with Crippen LogP contribution in [0.4, 0.5) is 11.4 Å². The number of carbonyl (C=O) groups excluding carboxylic acids is 2. The van der Waals surface area contributed by atoms with Gasteiger partial charge in [-0.2, -0.15) is 0 Å². The average Bonchev–Trinajstić information content (AvgIpc) is 2.72. The smallest absolute Gasteiger partial charge is 0.238 e. The fraction of sp³-hybridized carbons (Fsp3) is 0.158. The summed E-state index contributed by atoms with van der Waals surface area (Å²) in [6, 6.07) is 18.7. The molecule has 6 N–H and O–H groups in total. The predicted molar refractivity (Wildman–Crippen MR) is 122 cm³/mol. The number of hydrogen-bond acceptors (Lipinski definition) is 4. The van der Waals surface area contributed by atoms with Crippen molar-refractivity contribution < 1.29 is 9.59 Å². The Labute approximate surface area is 179 Å². The van der Waals surface area contributed by atoms with Crippen LogP contribution in [0.1, 0.15) is 19.3 Å². The first-order chi connectivity index (χ1) is 14.0. The lowest BCUT2D eigenvalue weighted by atomic mass is 10.2. The van der Waals surface area contributed by atoms with E-state index in [1.807, 2.05) is 60.7 Å². The lowest BCUT2D eigenvalue weighted by Gasteiger charge is -2.12. The molecule has 10 heteroatoms. The van der Waals surface area contributed by atoms with Gasteiger partial charge in [0.2, 0.25) is 11.8 Å². The maximum atomic E-state index is 11.8. The van der Waals surface area contributed by atoms with E-state index in [-0.39, 0.29) is 34.9 Å². The molecule has 0 fully saturated rings. The average molecular weight is 431 g/mol. The number of hydrogen-bond donors (Lipinski definition) is 6. The Balaban J connectivity index is 1.54. The van der Waals surface area contributed by atoms with Crippen molar-refractivity contribution in [3.63, 3.8) is 0 Å². The first-order valence-corrected chi connectivity index (χ1v) is 9.66. The van der Waals surface area contributed by atoms with E-state index >= 15 is 0 Å². The topological polar surface area (TPSA) is 106 Å². The van der Waals surface area contributed by atoms with Gasteiger partial charge in [-0.25, -0.2) is 0 Å². The summed E-state index contributed by atoms with van der Waals surface area (Å²) in [7, 11) is 0. The Morgan fingerprint density at radius 1 is 0.621 bits per heavy atom. The summed E-state index contributed by atoms with van der Waals surface area (Å²) in [5, 5.41) is 6.40. The minimum Gasteiger partial charge on any atom is -0.331 e. The summed E-state index contributed by atoms with van der Waals surface area (Å²) >= 11 is 10.2. The first kappa shape index (κ1) is 22.1. The van der Waals surface area contributed by atoms with Gasteiger partial charge in [0.15, 0.2) is 10.2 Å². The maximum Gasteiger partial charge on any atom is 0.238 e. The van der Waals surface area contributed by atoms with Crippen LogP contribution in [0.2, 0.25) is 0 Å². The van der Waals surface area contributed by atoms with Crippen LogP contribution in [0.25, 0.3) is 0 Å². The van der Waals surface area contributed by atoms with E-state index in [4.69, 9.17) is 24.4 Å². The molecule has 0 saturated carbocycles. The standard InChI is InChI=1S/C19H22N6O2S2/c26-16(22-24-18(28)20-14-8-3-1-4-9-14)12-7-13-17(27)23-25-19(29)21-15-10-5-2-6-11-15/h1-6,8-11H,7,12-13H2,(H,22,26)(H,23,27)(H2,20,24,28)(H2,21,25,29). The van der Waals surface area contributed by atoms with E-state index in [1.54, 1.807) is 0 Å². The lowest BCUT2D eigenvalue weighted by molar-refractivity contribution is -0.123. The zero-order chi connectivity index (χ0) is 20.9. The fourth-order valence-corrected chi connectivity index (χ4v) is 2.49. The van der Waals surface area contributed by atoms with Crippen LogP contribution >= 0.6 is 24.4 Å². The normalized spacial score (nSPS) is 9.66. The number of amides is 2. The highest BCUT2D eigenvalue weighted by atomic mass is 32.1. The van der Waals surface area contributed by atoms with E-state index in [0.717, 1.165) is 11.4 Å². The molecule has 2 amide bonds. The quantitative estimate of drug-likeness (QED) is 0.306. The van der Waals surface area contributed by atoms with Gasteiger partial charge in [-0.15, -0.1) is 0 Å². The number of anilines is 2. The third kappa shape index (κ3) is 9.49. The molecule has 152 valence electrons. The predicted octanol–water partition coefficient (Wildman–Crippen LogP) is 2.19. The van der Waals surface area contributed by atoms with Gasteiger partial charge >= 0.3 is 0 Å². The van der Waals surface area contributed by atoms with E-state index in [1.165, 1.54) is 0 Å². The Hall–Kier alpha value is -3.24. The third-order valence-electron chi connectivity index (χ3n) is 3.50. The minimum atomic E-state index is -0.274. The molecular formula is C19H22N6O2S2. The number of rotatable bonds is 6. The summed E-state index contributed by atoms with van der Waals surface area (Å²) in [4.78, 5) is 23.6. The molecule has 2 rings (SSSR count). The van der Waals surface area contributed by atoms with Crippen molar-refractivity contribution in [1.29, 1.82) is 0 Å². The van der Waals surface area contributed by atoms with E-state index < -0.39 is 0 Å². The zero-order valence-electron chi connectivity index (χ0n) is 15.5. The van der Waals surface area contributed by atoms with E-state index in [0.29, 0.717) is 6.42 Å². The number of para-hydroxylation sites is 2. The fourth-order valence-electron chi connectivity index (χ4n) is 2.16. The number of thiocarbonyl (C=S) groups is 2. The number of carbonyl (C=O) groups is 2. The highest BCUT2D eigenvalue weighted by molar-refractivity contribution is 7.80. The first-order valence-electron chi connectivity index (χ1n) is 8.84. The summed E-state index contributed by atoms with van der Waals surface area (Å²) in [5.41, 5.74) is 11.8. The molecule has 0 radical (unpaired) electrons. The second-order valence-electron chi connectivity index (χ2n) is 5.84. The second kappa shape index (κ2) is 12.3. The summed E-state index contributed by atoms with van der Waals surface area (Å²) in [6.07, 6.45) is 0.709. The molecule has 0 saturated heterocycles. The van der Waals surface area contributed by atoms with Crippen molar-refractivity contribution in [3.05, 3.63) is 60.7 Å². The van der Waals surface area contributed by atoms with Gasteiger partial charge in [0, 0.05) is 24.2 Å². The zero-order valence-corrected chi connectivity index (χ0v) is 17.2. The molecule has 0 atom stereocenters. The Morgan fingerprint density at radius 3 is 1.38 bits per heavy atom.